The summed E-state index contributed by atoms with van der Waals surface area (Å²) in [7, 11) is 0. The zero-order chi connectivity index (χ0) is 14.2. The molecule has 114 valence electrons. The summed E-state index contributed by atoms with van der Waals surface area (Å²) in [4.78, 5) is 20.7. The SMILES string of the molecule is O=C(C1CN(C2CCCC2)Cc2ccnn21)N1CCCO1. The molecule has 0 aromatic carbocycles. The van der Waals surface area contributed by atoms with Gasteiger partial charge in [-0.3, -0.25) is 19.2 Å². The Kier molecular flexibility index (Phi) is 3.43. The van der Waals surface area contributed by atoms with Crippen LogP contribution in [-0.4, -0.2) is 51.4 Å². The summed E-state index contributed by atoms with van der Waals surface area (Å²) < 4.78 is 1.90. The van der Waals surface area contributed by atoms with Gasteiger partial charge in [0.1, 0.15) is 6.04 Å². The number of amides is 1. The summed E-state index contributed by atoms with van der Waals surface area (Å²) in [5, 5.41) is 5.91. The number of carbonyl (C=O) groups is 1. The number of hydrogen-bond donors (Lipinski definition) is 0. The molecule has 1 aromatic rings. The molecule has 1 saturated carbocycles. The molecule has 1 atom stereocenters. The average Bonchev–Trinajstić information content (AvgIpc) is 3.26. The number of hydrogen-bond acceptors (Lipinski definition) is 4. The van der Waals surface area contributed by atoms with Gasteiger partial charge in [-0.05, 0) is 25.3 Å². The van der Waals surface area contributed by atoms with Crippen molar-refractivity contribution in [1.29, 1.82) is 0 Å². The van der Waals surface area contributed by atoms with Crippen LogP contribution in [0.25, 0.3) is 0 Å². The number of aromatic nitrogens is 2. The Morgan fingerprint density at radius 3 is 2.90 bits per heavy atom. The normalized spacial score (nSPS) is 27.2. The predicted octanol–water partition coefficient (Wildman–Crippen LogP) is 1.35. The third-order valence-electron chi connectivity index (χ3n) is 4.94. The fraction of sp³-hybridized carbons (Fsp3) is 0.733. The zero-order valence-electron chi connectivity index (χ0n) is 12.3. The van der Waals surface area contributed by atoms with E-state index >= 15 is 0 Å². The molecule has 2 aliphatic heterocycles. The van der Waals surface area contributed by atoms with Crippen molar-refractivity contribution in [2.45, 2.75) is 50.7 Å². The average molecular weight is 290 g/mol. The Morgan fingerprint density at radius 1 is 1.29 bits per heavy atom. The molecular formula is C15H22N4O2. The van der Waals surface area contributed by atoms with E-state index in [1.54, 1.807) is 6.20 Å². The molecule has 1 aliphatic carbocycles. The molecular weight excluding hydrogens is 268 g/mol. The summed E-state index contributed by atoms with van der Waals surface area (Å²) in [6, 6.07) is 2.43. The van der Waals surface area contributed by atoms with Crippen LogP contribution in [0.2, 0.25) is 0 Å². The van der Waals surface area contributed by atoms with Crippen molar-refractivity contribution in [3.05, 3.63) is 18.0 Å². The van der Waals surface area contributed by atoms with Gasteiger partial charge in [-0.15, -0.1) is 0 Å². The van der Waals surface area contributed by atoms with Gasteiger partial charge in [-0.1, -0.05) is 12.8 Å². The Labute approximate surface area is 124 Å². The third kappa shape index (κ3) is 2.36. The third-order valence-corrected chi connectivity index (χ3v) is 4.94. The maximum absolute atomic E-state index is 12.7. The molecule has 6 heteroatoms. The van der Waals surface area contributed by atoms with E-state index in [9.17, 15) is 4.79 Å². The van der Waals surface area contributed by atoms with Crippen LogP contribution in [0.15, 0.2) is 12.3 Å². The van der Waals surface area contributed by atoms with Gasteiger partial charge in [0.05, 0.1) is 18.8 Å². The van der Waals surface area contributed by atoms with E-state index in [1.165, 1.54) is 30.7 Å². The van der Waals surface area contributed by atoms with E-state index in [4.69, 9.17) is 4.84 Å². The lowest BCUT2D eigenvalue weighted by atomic mass is 10.1. The largest absolute Gasteiger partial charge is 0.292 e. The van der Waals surface area contributed by atoms with Gasteiger partial charge in [0.2, 0.25) is 0 Å². The number of nitrogens with zero attached hydrogens (tertiary/aromatic N) is 4. The molecule has 4 rings (SSSR count). The van der Waals surface area contributed by atoms with Crippen molar-refractivity contribution in [3.8, 4) is 0 Å². The van der Waals surface area contributed by atoms with Gasteiger partial charge in [-0.2, -0.15) is 5.10 Å². The lowest BCUT2D eigenvalue weighted by molar-refractivity contribution is -0.174. The van der Waals surface area contributed by atoms with Crippen molar-refractivity contribution >= 4 is 5.91 Å². The molecule has 0 spiro atoms. The monoisotopic (exact) mass is 290 g/mol. The van der Waals surface area contributed by atoms with Crippen molar-refractivity contribution in [3.63, 3.8) is 0 Å². The van der Waals surface area contributed by atoms with E-state index < -0.39 is 0 Å². The van der Waals surface area contributed by atoms with E-state index in [2.05, 4.69) is 10.00 Å². The van der Waals surface area contributed by atoms with Crippen LogP contribution < -0.4 is 0 Å². The highest BCUT2D eigenvalue weighted by Gasteiger charge is 2.37. The highest BCUT2D eigenvalue weighted by atomic mass is 16.7. The summed E-state index contributed by atoms with van der Waals surface area (Å²) in [5.74, 6) is 0.0557. The van der Waals surface area contributed by atoms with E-state index in [0.717, 1.165) is 25.2 Å². The zero-order valence-corrected chi connectivity index (χ0v) is 12.3. The first kappa shape index (κ1) is 13.3. The minimum absolute atomic E-state index is 0.0557. The second kappa shape index (κ2) is 5.42. The fourth-order valence-corrected chi connectivity index (χ4v) is 3.84. The van der Waals surface area contributed by atoms with Crippen LogP contribution in [-0.2, 0) is 16.2 Å². The topological polar surface area (TPSA) is 50.6 Å². The van der Waals surface area contributed by atoms with Crippen LogP contribution in [0.5, 0.6) is 0 Å². The Hall–Kier alpha value is -1.40. The number of carbonyl (C=O) groups excluding carboxylic acids is 1. The minimum atomic E-state index is -0.234. The molecule has 0 bridgehead atoms. The van der Waals surface area contributed by atoms with Crippen LogP contribution in [0, 0.1) is 0 Å². The molecule has 1 saturated heterocycles. The summed E-state index contributed by atoms with van der Waals surface area (Å²) in [6.07, 6.45) is 7.88. The Balaban J connectivity index is 1.58. The van der Waals surface area contributed by atoms with Crippen LogP contribution >= 0.6 is 0 Å². The fourth-order valence-electron chi connectivity index (χ4n) is 3.84. The van der Waals surface area contributed by atoms with Crippen LogP contribution in [0.1, 0.15) is 43.8 Å². The molecule has 6 nitrogen and oxygen atoms in total. The lowest BCUT2D eigenvalue weighted by Gasteiger charge is -2.37. The van der Waals surface area contributed by atoms with Crippen molar-refractivity contribution in [1.82, 2.24) is 19.7 Å². The van der Waals surface area contributed by atoms with Crippen LogP contribution in [0.4, 0.5) is 0 Å². The van der Waals surface area contributed by atoms with E-state index in [-0.39, 0.29) is 11.9 Å². The Morgan fingerprint density at radius 2 is 2.14 bits per heavy atom. The minimum Gasteiger partial charge on any atom is -0.292 e. The molecule has 1 aromatic heterocycles. The van der Waals surface area contributed by atoms with Gasteiger partial charge in [0.15, 0.2) is 0 Å². The molecule has 0 radical (unpaired) electrons. The van der Waals surface area contributed by atoms with E-state index in [1.807, 2.05) is 10.7 Å². The molecule has 21 heavy (non-hydrogen) atoms. The summed E-state index contributed by atoms with van der Waals surface area (Å²) in [6.45, 7) is 3.03. The van der Waals surface area contributed by atoms with Crippen molar-refractivity contribution in [2.75, 3.05) is 19.7 Å². The molecule has 1 amide bonds. The number of fused-ring (bicyclic) bond motifs is 1. The maximum Gasteiger partial charge on any atom is 0.272 e. The smallest absolute Gasteiger partial charge is 0.272 e. The van der Waals surface area contributed by atoms with E-state index in [0.29, 0.717) is 19.2 Å². The van der Waals surface area contributed by atoms with Crippen molar-refractivity contribution < 1.29 is 9.63 Å². The molecule has 3 heterocycles. The first-order chi connectivity index (χ1) is 10.3. The van der Waals surface area contributed by atoms with Gasteiger partial charge >= 0.3 is 0 Å². The molecule has 1 unspecified atom stereocenters. The summed E-state index contributed by atoms with van der Waals surface area (Å²) in [5.41, 5.74) is 1.14. The standard InChI is InChI=1S/C15H22N4O2/c20-15(18-8-3-9-21-18)14-11-17(12-4-1-2-5-12)10-13-6-7-16-19(13)14/h6-7,12,14H,1-5,8-11H2. The maximum atomic E-state index is 12.7. The second-order valence-electron chi connectivity index (χ2n) is 6.28. The number of hydroxylamine groups is 2. The van der Waals surface area contributed by atoms with Gasteiger partial charge in [-0.25, -0.2) is 5.06 Å². The lowest BCUT2D eigenvalue weighted by Crippen LogP contribution is -2.48. The molecule has 2 fully saturated rings. The van der Waals surface area contributed by atoms with Crippen molar-refractivity contribution in [2.24, 2.45) is 0 Å². The highest BCUT2D eigenvalue weighted by Crippen LogP contribution is 2.30. The second-order valence-corrected chi connectivity index (χ2v) is 6.28. The predicted molar refractivity (Wildman–Crippen MR) is 76.2 cm³/mol. The van der Waals surface area contributed by atoms with Gasteiger partial charge in [0, 0.05) is 25.3 Å². The summed E-state index contributed by atoms with van der Waals surface area (Å²) >= 11 is 0. The molecule has 0 N–H and O–H groups in total. The quantitative estimate of drug-likeness (QED) is 0.825. The Bertz CT molecular complexity index is 517. The van der Waals surface area contributed by atoms with Gasteiger partial charge in [0.25, 0.3) is 5.91 Å². The highest BCUT2D eigenvalue weighted by molar-refractivity contribution is 5.80. The first-order valence-corrected chi connectivity index (χ1v) is 8.03. The van der Waals surface area contributed by atoms with Crippen LogP contribution in [0.3, 0.4) is 0 Å². The molecule has 3 aliphatic rings. The first-order valence-electron chi connectivity index (χ1n) is 8.03. The van der Waals surface area contributed by atoms with Gasteiger partial charge < -0.3 is 0 Å². The number of rotatable bonds is 2.